The fraction of sp³-hybridized carbons (Fsp3) is 0.533. The van der Waals surface area contributed by atoms with E-state index in [1.54, 1.807) is 0 Å². The largest absolute Gasteiger partial charge is 0.389 e. The average molecular weight is 299 g/mol. The van der Waals surface area contributed by atoms with Crippen LogP contribution in [0.2, 0.25) is 5.02 Å². The molecule has 1 rings (SSSR count). The highest BCUT2D eigenvalue weighted by molar-refractivity contribution is 7.80. The molecule has 0 heterocycles. The van der Waals surface area contributed by atoms with E-state index in [1.807, 2.05) is 18.2 Å². The first-order valence-electron chi connectivity index (χ1n) is 6.87. The molecular formula is C15H23ClN2S. The van der Waals surface area contributed by atoms with Gasteiger partial charge in [-0.2, -0.15) is 0 Å². The summed E-state index contributed by atoms with van der Waals surface area (Å²) in [5.41, 5.74) is 7.81. The zero-order valence-electron chi connectivity index (χ0n) is 11.9. The Morgan fingerprint density at radius 3 is 2.63 bits per heavy atom. The van der Waals surface area contributed by atoms with Crippen LogP contribution in [0.4, 0.5) is 5.69 Å². The van der Waals surface area contributed by atoms with Crippen LogP contribution < -0.4 is 10.6 Å². The monoisotopic (exact) mass is 298 g/mol. The predicted molar refractivity (Wildman–Crippen MR) is 89.3 cm³/mol. The van der Waals surface area contributed by atoms with E-state index in [4.69, 9.17) is 29.6 Å². The van der Waals surface area contributed by atoms with Crippen molar-refractivity contribution < 1.29 is 0 Å². The molecular weight excluding hydrogens is 276 g/mol. The minimum atomic E-state index is 0.405. The summed E-state index contributed by atoms with van der Waals surface area (Å²) in [6, 6.07) is 6.25. The fourth-order valence-corrected chi connectivity index (χ4v) is 2.42. The third-order valence-electron chi connectivity index (χ3n) is 3.41. The van der Waals surface area contributed by atoms with Crippen molar-refractivity contribution in [3.05, 3.63) is 28.8 Å². The molecule has 0 aliphatic carbocycles. The first kappa shape index (κ1) is 16.3. The van der Waals surface area contributed by atoms with Gasteiger partial charge >= 0.3 is 0 Å². The Bertz CT molecular complexity index is 434. The Hall–Kier alpha value is -0.800. The molecule has 1 aromatic carbocycles. The number of benzene rings is 1. The smallest absolute Gasteiger partial charge is 0.106 e. The number of rotatable bonds is 7. The van der Waals surface area contributed by atoms with E-state index >= 15 is 0 Å². The highest BCUT2D eigenvalue weighted by Gasteiger charge is 2.17. The van der Waals surface area contributed by atoms with E-state index in [0.717, 1.165) is 30.6 Å². The number of halogens is 1. The van der Waals surface area contributed by atoms with Crippen molar-refractivity contribution in [1.29, 1.82) is 0 Å². The Kier molecular flexibility index (Phi) is 6.59. The van der Waals surface area contributed by atoms with E-state index in [9.17, 15) is 0 Å². The van der Waals surface area contributed by atoms with Gasteiger partial charge in [-0.05, 0) is 38.0 Å². The lowest BCUT2D eigenvalue weighted by molar-refractivity contribution is 0.595. The van der Waals surface area contributed by atoms with Gasteiger partial charge in [-0.1, -0.05) is 44.1 Å². The van der Waals surface area contributed by atoms with Gasteiger partial charge in [-0.3, -0.25) is 0 Å². The van der Waals surface area contributed by atoms with Crippen molar-refractivity contribution in [3.8, 4) is 0 Å². The maximum Gasteiger partial charge on any atom is 0.106 e. The van der Waals surface area contributed by atoms with Gasteiger partial charge in [-0.15, -0.1) is 0 Å². The van der Waals surface area contributed by atoms with Crippen molar-refractivity contribution in [2.45, 2.75) is 46.1 Å². The fourth-order valence-electron chi connectivity index (χ4n) is 2.08. The second kappa shape index (κ2) is 7.71. The third kappa shape index (κ3) is 4.36. The number of unbranched alkanes of at least 4 members (excludes halogenated alkanes) is 1. The highest BCUT2D eigenvalue weighted by Crippen LogP contribution is 2.27. The lowest BCUT2D eigenvalue weighted by Gasteiger charge is -2.32. The predicted octanol–water partition coefficient (Wildman–Crippen LogP) is 4.38. The normalized spacial score (nSPS) is 12.2. The van der Waals surface area contributed by atoms with E-state index in [1.165, 1.54) is 6.42 Å². The van der Waals surface area contributed by atoms with E-state index in [2.05, 4.69) is 25.7 Å². The van der Waals surface area contributed by atoms with Crippen LogP contribution in [0.25, 0.3) is 0 Å². The lowest BCUT2D eigenvalue weighted by atomic mass is 10.1. The lowest BCUT2D eigenvalue weighted by Crippen LogP contribution is -2.35. The maximum atomic E-state index is 6.05. The van der Waals surface area contributed by atoms with Crippen LogP contribution in [0.5, 0.6) is 0 Å². The van der Waals surface area contributed by atoms with Gasteiger partial charge in [0.2, 0.25) is 0 Å². The van der Waals surface area contributed by atoms with Crippen LogP contribution in [-0.2, 0) is 0 Å². The van der Waals surface area contributed by atoms with Gasteiger partial charge in [0, 0.05) is 28.9 Å². The number of anilines is 1. The molecule has 2 N–H and O–H groups in total. The summed E-state index contributed by atoms with van der Waals surface area (Å²) in [5, 5.41) is 0.672. The van der Waals surface area contributed by atoms with Crippen molar-refractivity contribution in [2.24, 2.45) is 5.73 Å². The average Bonchev–Trinajstić information content (AvgIpc) is 2.39. The quantitative estimate of drug-likeness (QED) is 0.758. The van der Waals surface area contributed by atoms with Gasteiger partial charge in [0.15, 0.2) is 0 Å². The molecule has 0 spiro atoms. The Morgan fingerprint density at radius 1 is 1.42 bits per heavy atom. The summed E-state index contributed by atoms with van der Waals surface area (Å²) >= 11 is 11.2. The molecule has 1 atom stereocenters. The molecule has 0 saturated heterocycles. The molecule has 0 aliphatic heterocycles. The summed E-state index contributed by atoms with van der Waals surface area (Å²) in [7, 11) is 0. The third-order valence-corrected chi connectivity index (χ3v) is 3.86. The van der Waals surface area contributed by atoms with Crippen LogP contribution in [0.15, 0.2) is 18.2 Å². The van der Waals surface area contributed by atoms with Gasteiger partial charge in [0.25, 0.3) is 0 Å². The molecule has 0 amide bonds. The second-order valence-electron chi connectivity index (χ2n) is 4.83. The number of nitrogens with zero attached hydrogens (tertiary/aromatic N) is 1. The highest BCUT2D eigenvalue weighted by atomic mass is 35.5. The molecule has 0 aliphatic rings. The van der Waals surface area contributed by atoms with Gasteiger partial charge in [0.1, 0.15) is 4.99 Å². The second-order valence-corrected chi connectivity index (χ2v) is 5.71. The Labute approximate surface area is 126 Å². The molecule has 0 fully saturated rings. The molecule has 1 aromatic rings. The summed E-state index contributed by atoms with van der Waals surface area (Å²) in [4.78, 5) is 2.79. The summed E-state index contributed by atoms with van der Waals surface area (Å²) < 4.78 is 0. The van der Waals surface area contributed by atoms with Crippen LogP contribution in [0.1, 0.15) is 45.6 Å². The minimum Gasteiger partial charge on any atom is -0.389 e. The molecule has 0 bridgehead atoms. The Balaban J connectivity index is 3.17. The summed E-state index contributed by atoms with van der Waals surface area (Å²) in [6.07, 6.45) is 3.41. The van der Waals surface area contributed by atoms with E-state index < -0.39 is 0 Å². The van der Waals surface area contributed by atoms with Crippen LogP contribution >= 0.6 is 23.8 Å². The van der Waals surface area contributed by atoms with Crippen LogP contribution in [-0.4, -0.2) is 17.6 Å². The van der Waals surface area contributed by atoms with Crippen molar-refractivity contribution in [2.75, 3.05) is 11.4 Å². The first-order chi connectivity index (χ1) is 9.01. The zero-order valence-corrected chi connectivity index (χ0v) is 13.5. The van der Waals surface area contributed by atoms with Gasteiger partial charge < -0.3 is 10.6 Å². The molecule has 0 radical (unpaired) electrons. The zero-order chi connectivity index (χ0) is 14.4. The molecule has 0 saturated carbocycles. The van der Waals surface area contributed by atoms with Crippen molar-refractivity contribution in [1.82, 2.24) is 0 Å². The molecule has 2 nitrogen and oxygen atoms in total. The Morgan fingerprint density at radius 2 is 2.11 bits per heavy atom. The van der Waals surface area contributed by atoms with Gasteiger partial charge in [0.05, 0.1) is 0 Å². The SMILES string of the molecule is CCCCN(c1ccc(Cl)cc1C(N)=S)C(C)CC. The topological polar surface area (TPSA) is 29.3 Å². The van der Waals surface area contributed by atoms with E-state index in [0.29, 0.717) is 16.1 Å². The number of hydrogen-bond acceptors (Lipinski definition) is 2. The van der Waals surface area contributed by atoms with Crippen LogP contribution in [0.3, 0.4) is 0 Å². The maximum absolute atomic E-state index is 6.05. The summed E-state index contributed by atoms with van der Waals surface area (Å²) in [5.74, 6) is 0. The molecule has 0 aromatic heterocycles. The van der Waals surface area contributed by atoms with E-state index in [-0.39, 0.29) is 0 Å². The molecule has 19 heavy (non-hydrogen) atoms. The first-order valence-corrected chi connectivity index (χ1v) is 7.65. The number of nitrogens with two attached hydrogens (primary N) is 1. The van der Waals surface area contributed by atoms with Crippen molar-refractivity contribution in [3.63, 3.8) is 0 Å². The number of hydrogen-bond donors (Lipinski definition) is 1. The number of thiocarbonyl (C=S) groups is 1. The van der Waals surface area contributed by atoms with Crippen LogP contribution in [0, 0.1) is 0 Å². The standard InChI is InChI=1S/C15H23ClN2S/c1-4-6-9-18(11(3)5-2)14-8-7-12(16)10-13(14)15(17)19/h7-8,10-11H,4-6,9H2,1-3H3,(H2,17,19). The van der Waals surface area contributed by atoms with Crippen molar-refractivity contribution >= 4 is 34.5 Å². The minimum absolute atomic E-state index is 0.405. The molecule has 4 heteroatoms. The summed E-state index contributed by atoms with van der Waals surface area (Å²) in [6.45, 7) is 7.64. The molecule has 106 valence electrons. The molecule has 1 unspecified atom stereocenters. The van der Waals surface area contributed by atoms with Gasteiger partial charge in [-0.25, -0.2) is 0 Å².